The number of hydrogen-bond donors (Lipinski definition) is 1. The summed E-state index contributed by atoms with van der Waals surface area (Å²) in [6, 6.07) is 20.8. The molecular formula is C25H19FN4O3S. The lowest BCUT2D eigenvalue weighted by Crippen LogP contribution is -2.22. The molecule has 0 aliphatic rings. The Morgan fingerprint density at radius 1 is 0.941 bits per heavy atom. The van der Waals surface area contributed by atoms with E-state index in [0.29, 0.717) is 46.0 Å². The molecule has 0 atom stereocenters. The molecule has 1 amide bonds. The maximum Gasteiger partial charge on any atom is 0.251 e. The van der Waals surface area contributed by atoms with Crippen molar-refractivity contribution in [1.29, 1.82) is 0 Å². The lowest BCUT2D eigenvalue weighted by atomic mass is 10.1. The second-order valence-corrected chi connectivity index (χ2v) is 8.26. The van der Waals surface area contributed by atoms with Crippen molar-refractivity contribution in [2.24, 2.45) is 0 Å². The van der Waals surface area contributed by atoms with Gasteiger partial charge in [-0.05, 0) is 54.1 Å². The molecule has 5 rings (SSSR count). The van der Waals surface area contributed by atoms with Crippen LogP contribution in [0, 0.1) is 5.82 Å². The topological polar surface area (TPSA) is 86.1 Å². The van der Waals surface area contributed by atoms with Crippen LogP contribution in [-0.4, -0.2) is 20.7 Å². The first-order chi connectivity index (χ1) is 16.7. The number of rotatable bonds is 8. The monoisotopic (exact) mass is 474 g/mol. The van der Waals surface area contributed by atoms with Gasteiger partial charge in [0, 0.05) is 11.3 Å². The van der Waals surface area contributed by atoms with Gasteiger partial charge in [-0.15, -0.1) is 10.2 Å². The van der Waals surface area contributed by atoms with Crippen LogP contribution in [0.5, 0.6) is 0 Å². The molecule has 9 heteroatoms. The van der Waals surface area contributed by atoms with E-state index in [1.54, 1.807) is 65.4 Å². The number of amides is 1. The van der Waals surface area contributed by atoms with Crippen LogP contribution in [-0.2, 0) is 12.3 Å². The van der Waals surface area contributed by atoms with Crippen molar-refractivity contribution in [3.63, 3.8) is 0 Å². The number of hydrogen-bond acceptors (Lipinski definition) is 6. The van der Waals surface area contributed by atoms with E-state index in [1.807, 2.05) is 12.1 Å². The summed E-state index contributed by atoms with van der Waals surface area (Å²) in [5.74, 6) is 1.58. The van der Waals surface area contributed by atoms with E-state index in [1.165, 1.54) is 24.1 Å². The van der Waals surface area contributed by atoms with Crippen LogP contribution < -0.4 is 5.32 Å². The Morgan fingerprint density at radius 2 is 1.74 bits per heavy atom. The average molecular weight is 475 g/mol. The summed E-state index contributed by atoms with van der Waals surface area (Å²) in [5, 5.41) is 11.9. The summed E-state index contributed by atoms with van der Waals surface area (Å²) in [6.07, 6.45) is 3.10. The highest BCUT2D eigenvalue weighted by Gasteiger charge is 2.20. The number of nitrogens with zero attached hydrogens (tertiary/aromatic N) is 3. The normalized spacial score (nSPS) is 11.0. The van der Waals surface area contributed by atoms with Gasteiger partial charge in [0.05, 0.1) is 24.8 Å². The molecule has 5 aromatic rings. The van der Waals surface area contributed by atoms with E-state index in [9.17, 15) is 9.18 Å². The van der Waals surface area contributed by atoms with Crippen molar-refractivity contribution >= 4 is 17.7 Å². The maximum absolute atomic E-state index is 14.6. The summed E-state index contributed by atoms with van der Waals surface area (Å²) in [5.41, 5.74) is 1.87. The van der Waals surface area contributed by atoms with E-state index in [4.69, 9.17) is 8.83 Å². The molecule has 0 saturated carbocycles. The highest BCUT2D eigenvalue weighted by atomic mass is 32.2. The number of para-hydroxylation sites is 1. The number of aromatic nitrogens is 3. The maximum atomic E-state index is 14.6. The van der Waals surface area contributed by atoms with Crippen molar-refractivity contribution in [3.05, 3.63) is 108 Å². The number of halogens is 1. The van der Waals surface area contributed by atoms with Crippen LogP contribution in [0.15, 0.2) is 99.3 Å². The first kappa shape index (κ1) is 21.7. The first-order valence-electron chi connectivity index (χ1n) is 10.5. The van der Waals surface area contributed by atoms with E-state index in [-0.39, 0.29) is 11.7 Å². The van der Waals surface area contributed by atoms with Crippen molar-refractivity contribution in [1.82, 2.24) is 20.1 Å². The van der Waals surface area contributed by atoms with Gasteiger partial charge >= 0.3 is 0 Å². The fourth-order valence-electron chi connectivity index (χ4n) is 3.36. The van der Waals surface area contributed by atoms with Crippen molar-refractivity contribution in [2.45, 2.75) is 17.5 Å². The molecule has 3 heterocycles. The molecule has 2 aromatic carbocycles. The van der Waals surface area contributed by atoms with Gasteiger partial charge in [-0.3, -0.25) is 9.36 Å². The lowest BCUT2D eigenvalue weighted by Gasteiger charge is -2.10. The standard InChI is InChI=1S/C25H19FN4O3S/c26-20-6-1-2-7-21(20)30-23(22-8-4-14-33-22)28-29-25(30)34-16-17-9-11-18(12-10-17)24(31)27-15-19-5-3-13-32-19/h1-14H,15-16H2,(H,27,31). The molecule has 0 aliphatic carbocycles. The van der Waals surface area contributed by atoms with E-state index >= 15 is 0 Å². The lowest BCUT2D eigenvalue weighted by molar-refractivity contribution is 0.0948. The minimum absolute atomic E-state index is 0.182. The minimum Gasteiger partial charge on any atom is -0.467 e. The summed E-state index contributed by atoms with van der Waals surface area (Å²) in [6.45, 7) is 0.327. The quantitative estimate of drug-likeness (QED) is 0.300. The smallest absolute Gasteiger partial charge is 0.251 e. The Bertz CT molecular complexity index is 1380. The van der Waals surface area contributed by atoms with Crippen LogP contribution in [0.4, 0.5) is 4.39 Å². The third kappa shape index (κ3) is 4.65. The van der Waals surface area contributed by atoms with Crippen LogP contribution in [0.25, 0.3) is 17.3 Å². The van der Waals surface area contributed by atoms with Crippen LogP contribution in [0.3, 0.4) is 0 Å². The van der Waals surface area contributed by atoms with Crippen LogP contribution >= 0.6 is 11.8 Å². The van der Waals surface area contributed by atoms with Gasteiger partial charge < -0.3 is 14.2 Å². The van der Waals surface area contributed by atoms with Gasteiger partial charge in [-0.1, -0.05) is 36.0 Å². The fraction of sp³-hybridized carbons (Fsp3) is 0.0800. The molecule has 0 unspecified atom stereocenters. The Morgan fingerprint density at radius 3 is 2.47 bits per heavy atom. The molecular weight excluding hydrogens is 455 g/mol. The van der Waals surface area contributed by atoms with Gasteiger partial charge in [-0.2, -0.15) is 0 Å². The highest BCUT2D eigenvalue weighted by molar-refractivity contribution is 7.98. The van der Waals surface area contributed by atoms with Crippen LogP contribution in [0.2, 0.25) is 0 Å². The number of furan rings is 2. The second-order valence-electron chi connectivity index (χ2n) is 7.32. The molecule has 0 spiro atoms. The molecule has 0 bridgehead atoms. The number of benzene rings is 2. The summed E-state index contributed by atoms with van der Waals surface area (Å²) in [4.78, 5) is 12.4. The zero-order valence-electron chi connectivity index (χ0n) is 17.8. The van der Waals surface area contributed by atoms with Gasteiger partial charge in [-0.25, -0.2) is 4.39 Å². The van der Waals surface area contributed by atoms with E-state index in [2.05, 4.69) is 15.5 Å². The number of nitrogens with one attached hydrogen (secondary N) is 1. The van der Waals surface area contributed by atoms with Gasteiger partial charge in [0.2, 0.25) is 5.82 Å². The average Bonchev–Trinajstić information content (AvgIpc) is 3.64. The number of carbonyl (C=O) groups is 1. The van der Waals surface area contributed by atoms with Crippen LogP contribution in [0.1, 0.15) is 21.7 Å². The SMILES string of the molecule is O=C(NCc1ccco1)c1ccc(CSc2nnc(-c3ccco3)n2-c2ccccc2F)cc1. The predicted molar refractivity (Wildman–Crippen MR) is 125 cm³/mol. The summed E-state index contributed by atoms with van der Waals surface area (Å²) >= 11 is 1.41. The van der Waals surface area contributed by atoms with Gasteiger partial charge in [0.1, 0.15) is 11.6 Å². The van der Waals surface area contributed by atoms with Gasteiger partial charge in [0.25, 0.3) is 5.91 Å². The minimum atomic E-state index is -0.387. The van der Waals surface area contributed by atoms with Crippen molar-refractivity contribution in [2.75, 3.05) is 0 Å². The zero-order valence-corrected chi connectivity index (χ0v) is 18.7. The Kier molecular flexibility index (Phi) is 6.26. The molecule has 170 valence electrons. The molecule has 3 aromatic heterocycles. The Balaban J connectivity index is 1.31. The van der Waals surface area contributed by atoms with E-state index < -0.39 is 0 Å². The Hall–Kier alpha value is -4.11. The fourth-order valence-corrected chi connectivity index (χ4v) is 4.26. The molecule has 7 nitrogen and oxygen atoms in total. The molecule has 34 heavy (non-hydrogen) atoms. The van der Waals surface area contributed by atoms with Crippen molar-refractivity contribution in [3.8, 4) is 17.3 Å². The zero-order chi connectivity index (χ0) is 23.3. The highest BCUT2D eigenvalue weighted by Crippen LogP contribution is 2.31. The molecule has 0 aliphatic heterocycles. The molecule has 0 fully saturated rings. The third-order valence-electron chi connectivity index (χ3n) is 5.06. The first-order valence-corrected chi connectivity index (χ1v) is 11.4. The molecule has 0 radical (unpaired) electrons. The Labute approximate surface area is 198 Å². The number of thioether (sulfide) groups is 1. The summed E-state index contributed by atoms with van der Waals surface area (Å²) in [7, 11) is 0. The van der Waals surface area contributed by atoms with Crippen molar-refractivity contribution < 1.29 is 18.0 Å². The molecule has 0 saturated heterocycles. The number of carbonyl (C=O) groups excluding carboxylic acids is 1. The molecule has 1 N–H and O–H groups in total. The third-order valence-corrected chi connectivity index (χ3v) is 6.06. The van der Waals surface area contributed by atoms with Gasteiger partial charge in [0.15, 0.2) is 10.9 Å². The summed E-state index contributed by atoms with van der Waals surface area (Å²) < 4.78 is 27.0. The van der Waals surface area contributed by atoms with E-state index in [0.717, 1.165) is 5.56 Å². The largest absolute Gasteiger partial charge is 0.467 e. The second kappa shape index (κ2) is 9.80. The predicted octanol–water partition coefficient (Wildman–Crippen LogP) is 5.48.